The SMILES string of the molecule is CC1CCC(C2=C(c3cc(-c4ccc(NC(=O)c5cscn5)nc4)sc3C(=O)O)CCN(C)C2)CC1. The van der Waals surface area contributed by atoms with Gasteiger partial charge in [-0.15, -0.1) is 22.7 Å². The van der Waals surface area contributed by atoms with Crippen LogP contribution in [0.25, 0.3) is 16.0 Å². The van der Waals surface area contributed by atoms with Crippen LogP contribution >= 0.6 is 22.7 Å². The van der Waals surface area contributed by atoms with Gasteiger partial charge in [0.15, 0.2) is 0 Å². The van der Waals surface area contributed by atoms with Crippen LogP contribution in [-0.4, -0.2) is 52.0 Å². The normalized spacial score (nSPS) is 20.9. The zero-order valence-electron chi connectivity index (χ0n) is 20.5. The number of carbonyl (C=O) groups excluding carboxylic acids is 1. The molecule has 2 aliphatic rings. The maximum atomic E-state index is 12.3. The van der Waals surface area contributed by atoms with Crippen molar-refractivity contribution in [1.82, 2.24) is 14.9 Å². The first-order chi connectivity index (χ1) is 17.4. The summed E-state index contributed by atoms with van der Waals surface area (Å²) < 4.78 is 0. The summed E-state index contributed by atoms with van der Waals surface area (Å²) in [5.41, 5.74) is 6.33. The summed E-state index contributed by atoms with van der Waals surface area (Å²) in [4.78, 5) is 36.6. The van der Waals surface area contributed by atoms with Gasteiger partial charge in [0.1, 0.15) is 16.4 Å². The second-order valence-electron chi connectivity index (χ2n) is 9.87. The van der Waals surface area contributed by atoms with Crippen LogP contribution in [0.1, 0.15) is 64.8 Å². The number of carboxylic acids is 1. The molecule has 5 rings (SSSR count). The van der Waals surface area contributed by atoms with Crippen molar-refractivity contribution >= 4 is 45.9 Å². The van der Waals surface area contributed by atoms with E-state index in [1.54, 1.807) is 23.2 Å². The topological polar surface area (TPSA) is 95.4 Å². The van der Waals surface area contributed by atoms with Crippen molar-refractivity contribution in [2.24, 2.45) is 11.8 Å². The number of anilines is 1. The van der Waals surface area contributed by atoms with E-state index in [9.17, 15) is 14.7 Å². The van der Waals surface area contributed by atoms with Gasteiger partial charge in [0.25, 0.3) is 5.91 Å². The predicted molar refractivity (Wildman–Crippen MR) is 145 cm³/mol. The summed E-state index contributed by atoms with van der Waals surface area (Å²) in [6.45, 7) is 4.17. The molecule has 3 aromatic heterocycles. The number of hydrogen-bond donors (Lipinski definition) is 2. The molecule has 4 heterocycles. The van der Waals surface area contributed by atoms with E-state index in [1.807, 2.05) is 12.1 Å². The molecule has 188 valence electrons. The zero-order chi connectivity index (χ0) is 25.2. The van der Waals surface area contributed by atoms with E-state index in [1.165, 1.54) is 59.5 Å². The number of nitrogens with one attached hydrogen (secondary N) is 1. The molecule has 0 atom stereocenters. The number of likely N-dealkylation sites (N-methyl/N-ethyl adjacent to an activating group) is 1. The smallest absolute Gasteiger partial charge is 0.346 e. The van der Waals surface area contributed by atoms with Crippen LogP contribution in [0.2, 0.25) is 0 Å². The lowest BCUT2D eigenvalue weighted by molar-refractivity contribution is 0.0701. The third-order valence-electron chi connectivity index (χ3n) is 7.29. The van der Waals surface area contributed by atoms with Gasteiger partial charge in [0.2, 0.25) is 0 Å². The molecule has 0 saturated heterocycles. The van der Waals surface area contributed by atoms with Gasteiger partial charge in [-0.2, -0.15) is 0 Å². The Labute approximate surface area is 218 Å². The van der Waals surface area contributed by atoms with Crippen molar-refractivity contribution < 1.29 is 14.7 Å². The predicted octanol–water partition coefficient (Wildman–Crippen LogP) is 6.13. The molecule has 1 amide bonds. The van der Waals surface area contributed by atoms with Gasteiger partial charge in [0, 0.05) is 40.7 Å². The Hall–Kier alpha value is -2.88. The van der Waals surface area contributed by atoms with Crippen molar-refractivity contribution in [3.05, 3.63) is 57.0 Å². The molecule has 0 unspecified atom stereocenters. The molecular formula is C27H30N4O3S2. The van der Waals surface area contributed by atoms with Gasteiger partial charge in [-0.1, -0.05) is 19.8 Å². The number of aromatic nitrogens is 2. The maximum absolute atomic E-state index is 12.3. The van der Waals surface area contributed by atoms with Crippen molar-refractivity contribution in [3.8, 4) is 10.4 Å². The number of hydrogen-bond acceptors (Lipinski definition) is 7. The van der Waals surface area contributed by atoms with Crippen molar-refractivity contribution in [1.29, 1.82) is 0 Å². The molecule has 9 heteroatoms. The number of pyridine rings is 1. The van der Waals surface area contributed by atoms with Gasteiger partial charge in [0.05, 0.1) is 5.51 Å². The van der Waals surface area contributed by atoms with E-state index in [0.717, 1.165) is 41.4 Å². The minimum atomic E-state index is -0.885. The number of nitrogens with zero attached hydrogens (tertiary/aromatic N) is 3. The van der Waals surface area contributed by atoms with Gasteiger partial charge in [-0.3, -0.25) is 4.79 Å². The molecule has 1 aliphatic heterocycles. The molecule has 1 fully saturated rings. The molecule has 3 aromatic rings. The first kappa shape index (κ1) is 24.8. The largest absolute Gasteiger partial charge is 0.477 e. The minimum absolute atomic E-state index is 0.304. The van der Waals surface area contributed by atoms with Gasteiger partial charge in [-0.05, 0) is 67.5 Å². The van der Waals surface area contributed by atoms with E-state index >= 15 is 0 Å². The van der Waals surface area contributed by atoms with Crippen molar-refractivity contribution in [2.45, 2.75) is 39.0 Å². The first-order valence-corrected chi connectivity index (χ1v) is 14.1. The highest BCUT2D eigenvalue weighted by molar-refractivity contribution is 7.17. The van der Waals surface area contributed by atoms with Crippen molar-refractivity contribution in [3.63, 3.8) is 0 Å². The molecule has 0 radical (unpaired) electrons. The number of thiazole rings is 1. The average Bonchev–Trinajstić information content (AvgIpc) is 3.56. The highest BCUT2D eigenvalue weighted by atomic mass is 32.1. The van der Waals surface area contributed by atoms with Crippen LogP contribution < -0.4 is 5.32 Å². The monoisotopic (exact) mass is 522 g/mol. The van der Waals surface area contributed by atoms with Crippen LogP contribution in [0.5, 0.6) is 0 Å². The Kier molecular flexibility index (Phi) is 7.32. The van der Waals surface area contributed by atoms with E-state index in [2.05, 4.69) is 34.2 Å². The fourth-order valence-electron chi connectivity index (χ4n) is 5.26. The Bertz CT molecular complexity index is 1270. The third-order valence-corrected chi connectivity index (χ3v) is 9.04. The molecule has 2 N–H and O–H groups in total. The van der Waals surface area contributed by atoms with Crippen molar-refractivity contribution in [2.75, 3.05) is 25.5 Å². The van der Waals surface area contributed by atoms with E-state index < -0.39 is 5.97 Å². The first-order valence-electron chi connectivity index (χ1n) is 12.3. The molecular weight excluding hydrogens is 492 g/mol. The van der Waals surface area contributed by atoms with E-state index in [-0.39, 0.29) is 5.91 Å². The van der Waals surface area contributed by atoms with Gasteiger partial charge < -0.3 is 15.3 Å². The summed E-state index contributed by atoms with van der Waals surface area (Å²) >= 11 is 2.66. The summed E-state index contributed by atoms with van der Waals surface area (Å²) in [7, 11) is 2.15. The number of amides is 1. The fourth-order valence-corrected chi connectivity index (χ4v) is 6.80. The highest BCUT2D eigenvalue weighted by Gasteiger charge is 2.30. The number of thiophene rings is 1. The molecule has 1 saturated carbocycles. The average molecular weight is 523 g/mol. The van der Waals surface area contributed by atoms with Gasteiger partial charge in [-0.25, -0.2) is 14.8 Å². The highest BCUT2D eigenvalue weighted by Crippen LogP contribution is 2.43. The molecule has 1 aliphatic carbocycles. The van der Waals surface area contributed by atoms with Crippen LogP contribution in [0.3, 0.4) is 0 Å². The zero-order valence-corrected chi connectivity index (χ0v) is 22.1. The number of carbonyl (C=O) groups is 2. The van der Waals surface area contributed by atoms with Crippen LogP contribution in [0.15, 0.2) is 40.9 Å². The standard InChI is InChI=1S/C27H30N4O3S2/c1-16-3-5-17(6-4-16)21-13-31(2)10-9-19(21)20-11-23(36-25(20)27(33)34)18-7-8-24(28-12-18)30-26(32)22-14-35-15-29-22/h7-8,11-12,14-17H,3-6,9-10,13H2,1-2H3,(H,33,34)(H,28,30,32). The summed E-state index contributed by atoms with van der Waals surface area (Å²) in [5.74, 6) is 0.548. The summed E-state index contributed by atoms with van der Waals surface area (Å²) in [5, 5.41) is 14.5. The lowest BCUT2D eigenvalue weighted by Crippen LogP contribution is -2.31. The Morgan fingerprint density at radius 3 is 2.64 bits per heavy atom. The quantitative estimate of drug-likeness (QED) is 0.404. The van der Waals surface area contributed by atoms with Crippen LogP contribution in [0, 0.1) is 11.8 Å². The lowest BCUT2D eigenvalue weighted by atomic mass is 9.75. The van der Waals surface area contributed by atoms with Crippen LogP contribution in [-0.2, 0) is 0 Å². The van der Waals surface area contributed by atoms with Crippen LogP contribution in [0.4, 0.5) is 5.82 Å². The number of carboxylic acid groups (broad SMARTS) is 1. The van der Waals surface area contributed by atoms with E-state index in [4.69, 9.17) is 0 Å². The summed E-state index contributed by atoms with van der Waals surface area (Å²) in [6, 6.07) is 5.64. The van der Waals surface area contributed by atoms with E-state index in [0.29, 0.717) is 22.3 Å². The lowest BCUT2D eigenvalue weighted by Gasteiger charge is -2.35. The molecule has 0 aromatic carbocycles. The van der Waals surface area contributed by atoms with Gasteiger partial charge >= 0.3 is 5.97 Å². The molecule has 0 spiro atoms. The molecule has 7 nitrogen and oxygen atoms in total. The fraction of sp³-hybridized carbons (Fsp3) is 0.407. The molecule has 36 heavy (non-hydrogen) atoms. The second-order valence-corrected chi connectivity index (χ2v) is 11.6. The summed E-state index contributed by atoms with van der Waals surface area (Å²) in [6.07, 6.45) is 7.40. The molecule has 0 bridgehead atoms. The second kappa shape index (κ2) is 10.6. The Morgan fingerprint density at radius 2 is 1.97 bits per heavy atom. The Balaban J connectivity index is 1.45. The maximum Gasteiger partial charge on any atom is 0.346 e. The third kappa shape index (κ3) is 5.28. The minimum Gasteiger partial charge on any atom is -0.477 e. The number of rotatable bonds is 6. The number of aromatic carboxylic acids is 1. The Morgan fingerprint density at radius 1 is 1.17 bits per heavy atom.